The van der Waals surface area contributed by atoms with E-state index in [4.69, 9.17) is 10.5 Å². The number of allylic oxidation sites excluding steroid dienone is 10. The van der Waals surface area contributed by atoms with Crippen molar-refractivity contribution in [1.82, 2.24) is 10.2 Å². The SMILES string of the molecule is CC/C=C\C/C=C\C/C=C\C/C=C\C/C=C\CCCC(=O)NCC(C(N)=O)N1CCOCC1. The molecule has 0 aromatic heterocycles. The van der Waals surface area contributed by atoms with Crippen LogP contribution >= 0.6 is 0 Å². The molecule has 1 unspecified atom stereocenters. The Labute approximate surface area is 200 Å². The molecule has 1 saturated heterocycles. The number of amides is 2. The van der Waals surface area contributed by atoms with Gasteiger partial charge in [0.1, 0.15) is 6.04 Å². The van der Waals surface area contributed by atoms with E-state index in [0.717, 1.165) is 44.9 Å². The minimum absolute atomic E-state index is 0.0399. The molecule has 0 bridgehead atoms. The molecule has 1 rings (SSSR count). The van der Waals surface area contributed by atoms with E-state index in [0.29, 0.717) is 32.7 Å². The quantitative estimate of drug-likeness (QED) is 0.253. The average Bonchev–Trinajstić information content (AvgIpc) is 2.81. The highest BCUT2D eigenvalue weighted by Gasteiger charge is 2.25. The summed E-state index contributed by atoms with van der Waals surface area (Å²) in [6, 6.07) is -0.469. The molecular formula is C27H43N3O3. The zero-order chi connectivity index (χ0) is 24.0. The molecule has 0 radical (unpaired) electrons. The highest BCUT2D eigenvalue weighted by molar-refractivity contribution is 5.82. The van der Waals surface area contributed by atoms with Crippen molar-refractivity contribution in [1.29, 1.82) is 0 Å². The molecule has 1 atom stereocenters. The molecule has 1 aliphatic heterocycles. The molecule has 0 saturated carbocycles. The van der Waals surface area contributed by atoms with Crippen molar-refractivity contribution >= 4 is 11.8 Å². The number of nitrogens with two attached hydrogens (primary N) is 1. The van der Waals surface area contributed by atoms with Gasteiger partial charge < -0.3 is 15.8 Å². The number of morpholine rings is 1. The van der Waals surface area contributed by atoms with Gasteiger partial charge in [-0.1, -0.05) is 67.7 Å². The highest BCUT2D eigenvalue weighted by Crippen LogP contribution is 2.04. The first kappa shape index (κ1) is 28.6. The third kappa shape index (κ3) is 15.9. The monoisotopic (exact) mass is 457 g/mol. The van der Waals surface area contributed by atoms with Crippen LogP contribution in [0, 0.1) is 0 Å². The Balaban J connectivity index is 2.05. The van der Waals surface area contributed by atoms with Crippen LogP contribution in [0.25, 0.3) is 0 Å². The number of hydrogen-bond acceptors (Lipinski definition) is 4. The summed E-state index contributed by atoms with van der Waals surface area (Å²) >= 11 is 0. The Kier molecular flexibility index (Phi) is 17.5. The van der Waals surface area contributed by atoms with Gasteiger partial charge >= 0.3 is 0 Å². The molecule has 3 N–H and O–H groups in total. The second kappa shape index (κ2) is 20.2. The number of unbranched alkanes of at least 4 members (excludes halogenated alkanes) is 1. The summed E-state index contributed by atoms with van der Waals surface area (Å²) in [6.07, 6.45) is 28.8. The second-order valence-corrected chi connectivity index (χ2v) is 7.97. The van der Waals surface area contributed by atoms with Gasteiger partial charge in [0.15, 0.2) is 0 Å². The molecule has 184 valence electrons. The van der Waals surface area contributed by atoms with Crippen LogP contribution in [0.1, 0.15) is 58.3 Å². The smallest absolute Gasteiger partial charge is 0.236 e. The van der Waals surface area contributed by atoms with Gasteiger partial charge in [0.2, 0.25) is 11.8 Å². The molecule has 2 amide bonds. The largest absolute Gasteiger partial charge is 0.379 e. The maximum absolute atomic E-state index is 12.1. The fourth-order valence-corrected chi connectivity index (χ4v) is 3.35. The number of nitrogens with one attached hydrogen (secondary N) is 1. The maximum Gasteiger partial charge on any atom is 0.236 e. The first-order chi connectivity index (χ1) is 16.1. The van der Waals surface area contributed by atoms with Crippen LogP contribution < -0.4 is 11.1 Å². The van der Waals surface area contributed by atoms with Gasteiger partial charge in [0.05, 0.1) is 13.2 Å². The zero-order valence-corrected chi connectivity index (χ0v) is 20.3. The van der Waals surface area contributed by atoms with Crippen molar-refractivity contribution in [2.45, 2.75) is 64.3 Å². The zero-order valence-electron chi connectivity index (χ0n) is 20.3. The summed E-state index contributed by atoms with van der Waals surface area (Å²) in [5.74, 6) is -0.446. The number of rotatable bonds is 17. The van der Waals surface area contributed by atoms with Crippen molar-refractivity contribution in [2.24, 2.45) is 5.73 Å². The normalized spacial score (nSPS) is 16.6. The average molecular weight is 458 g/mol. The van der Waals surface area contributed by atoms with Crippen LogP contribution in [0.5, 0.6) is 0 Å². The number of nitrogens with zero attached hydrogens (tertiary/aromatic N) is 1. The first-order valence-electron chi connectivity index (χ1n) is 12.3. The molecule has 0 aromatic rings. The summed E-state index contributed by atoms with van der Waals surface area (Å²) in [5, 5.41) is 2.84. The Bertz CT molecular complexity index is 674. The molecular weight excluding hydrogens is 414 g/mol. The Morgan fingerprint density at radius 3 is 1.91 bits per heavy atom. The predicted molar refractivity (Wildman–Crippen MR) is 137 cm³/mol. The van der Waals surface area contributed by atoms with E-state index in [1.807, 2.05) is 4.90 Å². The minimum Gasteiger partial charge on any atom is -0.379 e. The first-order valence-corrected chi connectivity index (χ1v) is 12.3. The molecule has 0 aliphatic carbocycles. The topological polar surface area (TPSA) is 84.7 Å². The molecule has 0 aromatic carbocycles. The van der Waals surface area contributed by atoms with E-state index in [1.165, 1.54) is 0 Å². The summed E-state index contributed by atoms with van der Waals surface area (Å²) in [4.78, 5) is 25.7. The number of carbonyl (C=O) groups is 2. The molecule has 0 spiro atoms. The number of ether oxygens (including phenoxy) is 1. The Morgan fingerprint density at radius 2 is 1.39 bits per heavy atom. The lowest BCUT2D eigenvalue weighted by Gasteiger charge is -2.32. The molecule has 6 nitrogen and oxygen atoms in total. The van der Waals surface area contributed by atoms with Crippen molar-refractivity contribution in [2.75, 3.05) is 32.8 Å². The third-order valence-electron chi connectivity index (χ3n) is 5.24. The molecule has 1 aliphatic rings. The van der Waals surface area contributed by atoms with Gasteiger partial charge in [-0.3, -0.25) is 14.5 Å². The van der Waals surface area contributed by atoms with E-state index < -0.39 is 11.9 Å². The molecule has 1 fully saturated rings. The van der Waals surface area contributed by atoms with Crippen LogP contribution in [0.4, 0.5) is 0 Å². The van der Waals surface area contributed by atoms with Crippen LogP contribution in [-0.4, -0.2) is 55.6 Å². The predicted octanol–water partition coefficient (Wildman–Crippen LogP) is 4.21. The number of hydrogen-bond donors (Lipinski definition) is 2. The third-order valence-corrected chi connectivity index (χ3v) is 5.24. The standard InChI is InChI=1S/C27H43N3O3/c1-2-3-4-5-6-7-8-9-10-11-12-13-14-15-16-17-18-19-26(31)29-24-25(27(28)32)30-20-22-33-23-21-30/h3-4,6-7,9-10,12-13,15-16,25H,2,5,8,11,14,17-24H2,1H3,(H2,28,32)(H,29,31)/b4-3-,7-6-,10-9-,13-12-,16-15-. The van der Waals surface area contributed by atoms with Crippen LogP contribution in [0.2, 0.25) is 0 Å². The van der Waals surface area contributed by atoms with E-state index in [1.54, 1.807) is 0 Å². The van der Waals surface area contributed by atoms with Crippen molar-refractivity contribution in [3.8, 4) is 0 Å². The van der Waals surface area contributed by atoms with Crippen molar-refractivity contribution in [3.05, 3.63) is 60.8 Å². The van der Waals surface area contributed by atoms with E-state index in [2.05, 4.69) is 73.0 Å². The highest BCUT2D eigenvalue weighted by atomic mass is 16.5. The Morgan fingerprint density at radius 1 is 0.879 bits per heavy atom. The number of carbonyl (C=O) groups excluding carboxylic acids is 2. The van der Waals surface area contributed by atoms with E-state index in [-0.39, 0.29) is 12.5 Å². The van der Waals surface area contributed by atoms with Gasteiger partial charge in [-0.15, -0.1) is 0 Å². The second-order valence-electron chi connectivity index (χ2n) is 7.97. The fraction of sp³-hybridized carbons (Fsp3) is 0.556. The van der Waals surface area contributed by atoms with Gasteiger partial charge in [-0.25, -0.2) is 0 Å². The lowest BCUT2D eigenvalue weighted by molar-refractivity contribution is -0.126. The van der Waals surface area contributed by atoms with Crippen LogP contribution in [0.15, 0.2) is 60.8 Å². The van der Waals surface area contributed by atoms with Crippen LogP contribution in [0.3, 0.4) is 0 Å². The lowest BCUT2D eigenvalue weighted by atomic mass is 10.2. The molecule has 1 heterocycles. The summed E-state index contributed by atoms with van der Waals surface area (Å²) in [6.45, 7) is 4.90. The van der Waals surface area contributed by atoms with E-state index >= 15 is 0 Å². The number of primary amides is 1. The molecule has 6 heteroatoms. The summed E-state index contributed by atoms with van der Waals surface area (Å²) in [7, 11) is 0. The van der Waals surface area contributed by atoms with Gasteiger partial charge in [0.25, 0.3) is 0 Å². The lowest BCUT2D eigenvalue weighted by Crippen LogP contribution is -2.54. The summed E-state index contributed by atoms with van der Waals surface area (Å²) < 4.78 is 5.30. The van der Waals surface area contributed by atoms with Gasteiger partial charge in [-0.05, 0) is 44.9 Å². The Hall–Kier alpha value is -2.44. The van der Waals surface area contributed by atoms with Crippen molar-refractivity contribution in [3.63, 3.8) is 0 Å². The van der Waals surface area contributed by atoms with Gasteiger partial charge in [0, 0.05) is 26.1 Å². The summed E-state index contributed by atoms with van der Waals surface area (Å²) in [5.41, 5.74) is 5.50. The van der Waals surface area contributed by atoms with Crippen LogP contribution in [-0.2, 0) is 14.3 Å². The van der Waals surface area contributed by atoms with E-state index in [9.17, 15) is 9.59 Å². The maximum atomic E-state index is 12.1. The molecule has 33 heavy (non-hydrogen) atoms. The minimum atomic E-state index is -0.469. The fourth-order valence-electron chi connectivity index (χ4n) is 3.35. The van der Waals surface area contributed by atoms with Crippen molar-refractivity contribution < 1.29 is 14.3 Å². The van der Waals surface area contributed by atoms with Gasteiger partial charge in [-0.2, -0.15) is 0 Å².